The largest absolute Gasteiger partial charge is 0.303 e. The van der Waals surface area contributed by atoms with Crippen LogP contribution in [0, 0.1) is 11.3 Å². The minimum Gasteiger partial charge on any atom is -0.303 e. The number of aldehydes is 2. The SMILES string of the molecule is CC1(C=O)CCCC(C=O)CC1. The Morgan fingerprint density at radius 1 is 1.25 bits per heavy atom. The van der Waals surface area contributed by atoms with E-state index < -0.39 is 0 Å². The molecule has 1 aliphatic rings. The van der Waals surface area contributed by atoms with Crippen LogP contribution < -0.4 is 0 Å². The molecule has 2 unspecified atom stereocenters. The van der Waals surface area contributed by atoms with Crippen LogP contribution in [-0.2, 0) is 9.59 Å². The van der Waals surface area contributed by atoms with E-state index in [1.54, 1.807) is 0 Å². The van der Waals surface area contributed by atoms with Crippen molar-refractivity contribution in [3.8, 4) is 0 Å². The van der Waals surface area contributed by atoms with Gasteiger partial charge in [-0.2, -0.15) is 0 Å². The van der Waals surface area contributed by atoms with Crippen molar-refractivity contribution in [1.29, 1.82) is 0 Å². The highest BCUT2D eigenvalue weighted by Crippen LogP contribution is 2.34. The Kier molecular flexibility index (Phi) is 3.01. The van der Waals surface area contributed by atoms with E-state index in [0.717, 1.165) is 44.7 Å². The van der Waals surface area contributed by atoms with Crippen LogP contribution in [0.4, 0.5) is 0 Å². The van der Waals surface area contributed by atoms with E-state index in [9.17, 15) is 9.59 Å². The van der Waals surface area contributed by atoms with E-state index in [1.165, 1.54) is 0 Å². The van der Waals surface area contributed by atoms with E-state index in [4.69, 9.17) is 0 Å². The molecule has 1 saturated carbocycles. The Hall–Kier alpha value is -0.660. The van der Waals surface area contributed by atoms with Crippen molar-refractivity contribution in [1.82, 2.24) is 0 Å². The highest BCUT2D eigenvalue weighted by molar-refractivity contribution is 5.59. The molecule has 0 aromatic rings. The maximum Gasteiger partial charge on any atom is 0.125 e. The maximum absolute atomic E-state index is 10.7. The molecule has 2 atom stereocenters. The predicted molar refractivity (Wildman–Crippen MR) is 46.8 cm³/mol. The topological polar surface area (TPSA) is 34.1 Å². The van der Waals surface area contributed by atoms with Crippen molar-refractivity contribution >= 4 is 12.6 Å². The second-order valence-electron chi connectivity index (χ2n) is 4.10. The smallest absolute Gasteiger partial charge is 0.125 e. The zero-order chi connectivity index (χ0) is 9.03. The van der Waals surface area contributed by atoms with Crippen LogP contribution in [0.1, 0.15) is 39.0 Å². The predicted octanol–water partition coefficient (Wildman–Crippen LogP) is 1.97. The van der Waals surface area contributed by atoms with Crippen LogP contribution in [-0.4, -0.2) is 12.6 Å². The summed E-state index contributed by atoms with van der Waals surface area (Å²) in [5, 5.41) is 0. The van der Waals surface area contributed by atoms with Gasteiger partial charge in [-0.3, -0.25) is 0 Å². The molecule has 0 heterocycles. The summed E-state index contributed by atoms with van der Waals surface area (Å²) < 4.78 is 0. The third-order valence-electron chi connectivity index (χ3n) is 2.89. The minimum absolute atomic E-state index is 0.155. The summed E-state index contributed by atoms with van der Waals surface area (Å²) in [7, 11) is 0. The molecule has 0 aromatic heterocycles. The van der Waals surface area contributed by atoms with Gasteiger partial charge in [0.15, 0.2) is 0 Å². The molecular weight excluding hydrogens is 152 g/mol. The Bertz CT molecular complexity index is 177. The molecule has 68 valence electrons. The zero-order valence-corrected chi connectivity index (χ0v) is 7.58. The molecule has 1 aliphatic carbocycles. The van der Waals surface area contributed by atoms with Crippen LogP contribution in [0.2, 0.25) is 0 Å². The van der Waals surface area contributed by atoms with Crippen LogP contribution in [0.3, 0.4) is 0 Å². The maximum atomic E-state index is 10.7. The van der Waals surface area contributed by atoms with Gasteiger partial charge in [0.1, 0.15) is 12.6 Å². The van der Waals surface area contributed by atoms with E-state index in [0.29, 0.717) is 0 Å². The lowest BCUT2D eigenvalue weighted by atomic mass is 9.84. The van der Waals surface area contributed by atoms with Crippen LogP contribution in [0.5, 0.6) is 0 Å². The van der Waals surface area contributed by atoms with Crippen molar-refractivity contribution in [2.24, 2.45) is 11.3 Å². The van der Waals surface area contributed by atoms with Gasteiger partial charge in [0.25, 0.3) is 0 Å². The Morgan fingerprint density at radius 3 is 2.58 bits per heavy atom. The third-order valence-corrected chi connectivity index (χ3v) is 2.89. The summed E-state index contributed by atoms with van der Waals surface area (Å²) in [4.78, 5) is 21.3. The number of rotatable bonds is 2. The van der Waals surface area contributed by atoms with Gasteiger partial charge in [0, 0.05) is 11.3 Å². The first kappa shape index (κ1) is 9.43. The molecule has 2 heteroatoms. The lowest BCUT2D eigenvalue weighted by Crippen LogP contribution is -2.16. The van der Waals surface area contributed by atoms with Crippen LogP contribution in [0.25, 0.3) is 0 Å². The second kappa shape index (κ2) is 3.83. The van der Waals surface area contributed by atoms with Crippen LogP contribution >= 0.6 is 0 Å². The van der Waals surface area contributed by atoms with E-state index >= 15 is 0 Å². The molecule has 12 heavy (non-hydrogen) atoms. The molecule has 1 rings (SSSR count). The summed E-state index contributed by atoms with van der Waals surface area (Å²) in [5.41, 5.74) is -0.155. The highest BCUT2D eigenvalue weighted by Gasteiger charge is 2.27. The van der Waals surface area contributed by atoms with Crippen molar-refractivity contribution in [2.45, 2.75) is 39.0 Å². The molecule has 0 saturated heterocycles. The minimum atomic E-state index is -0.155. The van der Waals surface area contributed by atoms with Crippen molar-refractivity contribution in [3.05, 3.63) is 0 Å². The van der Waals surface area contributed by atoms with E-state index in [1.807, 2.05) is 6.92 Å². The van der Waals surface area contributed by atoms with Gasteiger partial charge >= 0.3 is 0 Å². The van der Waals surface area contributed by atoms with Crippen molar-refractivity contribution < 1.29 is 9.59 Å². The molecular formula is C10H16O2. The average molecular weight is 168 g/mol. The molecule has 0 amide bonds. The second-order valence-corrected chi connectivity index (χ2v) is 4.10. The van der Waals surface area contributed by atoms with Gasteiger partial charge in [-0.25, -0.2) is 0 Å². The molecule has 0 aliphatic heterocycles. The quantitative estimate of drug-likeness (QED) is 0.466. The lowest BCUT2D eigenvalue weighted by molar-refractivity contribution is -0.116. The van der Waals surface area contributed by atoms with Gasteiger partial charge in [-0.1, -0.05) is 13.3 Å². The molecule has 0 radical (unpaired) electrons. The van der Waals surface area contributed by atoms with Gasteiger partial charge in [0.05, 0.1) is 0 Å². The Labute approximate surface area is 73.3 Å². The molecule has 0 spiro atoms. The summed E-state index contributed by atoms with van der Waals surface area (Å²) in [6.07, 6.45) is 6.78. The molecule has 1 fully saturated rings. The first-order valence-corrected chi connectivity index (χ1v) is 4.62. The van der Waals surface area contributed by atoms with E-state index in [-0.39, 0.29) is 11.3 Å². The fourth-order valence-corrected chi connectivity index (χ4v) is 1.81. The molecule has 0 bridgehead atoms. The average Bonchev–Trinajstić information content (AvgIpc) is 2.28. The van der Waals surface area contributed by atoms with Gasteiger partial charge in [0.2, 0.25) is 0 Å². The Balaban J connectivity index is 2.54. The Morgan fingerprint density at radius 2 is 2.00 bits per heavy atom. The summed E-state index contributed by atoms with van der Waals surface area (Å²) >= 11 is 0. The third kappa shape index (κ3) is 2.16. The summed E-state index contributed by atoms with van der Waals surface area (Å²) in [6.45, 7) is 1.99. The molecule has 2 nitrogen and oxygen atoms in total. The van der Waals surface area contributed by atoms with Gasteiger partial charge in [-0.15, -0.1) is 0 Å². The first-order chi connectivity index (χ1) is 5.70. The number of carbonyl (C=O) groups excluding carboxylic acids is 2. The van der Waals surface area contributed by atoms with Crippen molar-refractivity contribution in [2.75, 3.05) is 0 Å². The lowest BCUT2D eigenvalue weighted by Gasteiger charge is -2.19. The van der Waals surface area contributed by atoms with E-state index in [2.05, 4.69) is 0 Å². The standard InChI is InChI=1S/C10H16O2/c1-10(8-12)5-2-3-9(7-11)4-6-10/h7-9H,2-6H2,1H3. The number of hydrogen-bond acceptors (Lipinski definition) is 2. The monoisotopic (exact) mass is 168 g/mol. The molecule has 0 aromatic carbocycles. The molecule has 0 N–H and O–H groups in total. The fourth-order valence-electron chi connectivity index (χ4n) is 1.81. The summed E-state index contributed by atoms with van der Waals surface area (Å²) in [5.74, 6) is 0.201. The number of carbonyl (C=O) groups is 2. The highest BCUT2D eigenvalue weighted by atomic mass is 16.1. The van der Waals surface area contributed by atoms with Crippen molar-refractivity contribution in [3.63, 3.8) is 0 Å². The summed E-state index contributed by atoms with van der Waals surface area (Å²) in [6, 6.07) is 0. The fraction of sp³-hybridized carbons (Fsp3) is 0.800. The van der Waals surface area contributed by atoms with Gasteiger partial charge < -0.3 is 9.59 Å². The van der Waals surface area contributed by atoms with Crippen LogP contribution in [0.15, 0.2) is 0 Å². The van der Waals surface area contributed by atoms with Gasteiger partial charge in [-0.05, 0) is 25.7 Å². The zero-order valence-electron chi connectivity index (χ0n) is 7.58. The number of hydrogen-bond donors (Lipinski definition) is 0. The first-order valence-electron chi connectivity index (χ1n) is 4.62. The normalized spacial score (nSPS) is 36.9.